The van der Waals surface area contributed by atoms with Crippen LogP contribution in [-0.2, 0) is 0 Å². The lowest BCUT2D eigenvalue weighted by Gasteiger charge is -2.34. The van der Waals surface area contributed by atoms with Crippen molar-refractivity contribution in [1.29, 1.82) is 0 Å². The SMILES string of the molecule is CCSCCC(C)(CNC(C)(C)C)C1CC1. The Morgan fingerprint density at radius 1 is 1.19 bits per heavy atom. The maximum atomic E-state index is 3.70. The second kappa shape index (κ2) is 5.77. The van der Waals surface area contributed by atoms with E-state index in [1.165, 1.54) is 37.3 Å². The lowest BCUT2D eigenvalue weighted by Crippen LogP contribution is -2.44. The fraction of sp³-hybridized carbons (Fsp3) is 1.00. The van der Waals surface area contributed by atoms with E-state index in [0.717, 1.165) is 5.92 Å². The molecule has 0 amide bonds. The van der Waals surface area contributed by atoms with E-state index in [1.807, 2.05) is 0 Å². The Hall–Kier alpha value is 0.310. The number of hydrogen-bond acceptors (Lipinski definition) is 2. The van der Waals surface area contributed by atoms with Crippen molar-refractivity contribution in [3.05, 3.63) is 0 Å². The molecule has 0 radical (unpaired) electrons. The highest BCUT2D eigenvalue weighted by Crippen LogP contribution is 2.47. The molecule has 0 aliphatic heterocycles. The van der Waals surface area contributed by atoms with Crippen molar-refractivity contribution >= 4 is 11.8 Å². The van der Waals surface area contributed by atoms with Gasteiger partial charge in [0.15, 0.2) is 0 Å². The van der Waals surface area contributed by atoms with E-state index in [2.05, 4.69) is 51.7 Å². The molecule has 2 heteroatoms. The predicted molar refractivity (Wildman–Crippen MR) is 76.2 cm³/mol. The Bertz CT molecular complexity index is 205. The first-order valence-corrected chi connectivity index (χ1v) is 7.85. The molecule has 0 bridgehead atoms. The molecule has 1 rings (SSSR count). The zero-order valence-electron chi connectivity index (χ0n) is 11.7. The highest BCUT2D eigenvalue weighted by Gasteiger charge is 2.41. The Morgan fingerprint density at radius 2 is 1.81 bits per heavy atom. The summed E-state index contributed by atoms with van der Waals surface area (Å²) in [6, 6.07) is 0. The van der Waals surface area contributed by atoms with Crippen molar-refractivity contribution in [3.8, 4) is 0 Å². The second-order valence-electron chi connectivity index (χ2n) is 6.48. The van der Waals surface area contributed by atoms with E-state index in [1.54, 1.807) is 0 Å². The van der Waals surface area contributed by atoms with Gasteiger partial charge in [0, 0.05) is 12.1 Å². The van der Waals surface area contributed by atoms with Crippen LogP contribution < -0.4 is 5.32 Å². The molecule has 1 fully saturated rings. The average molecular weight is 243 g/mol. The molecule has 0 heterocycles. The number of rotatable bonds is 7. The Kier molecular flexibility index (Phi) is 5.18. The van der Waals surface area contributed by atoms with Gasteiger partial charge in [-0.25, -0.2) is 0 Å². The summed E-state index contributed by atoms with van der Waals surface area (Å²) in [5, 5.41) is 3.70. The van der Waals surface area contributed by atoms with Gasteiger partial charge in [-0.3, -0.25) is 0 Å². The normalized spacial score (nSPS) is 20.8. The minimum absolute atomic E-state index is 0.258. The Morgan fingerprint density at radius 3 is 2.25 bits per heavy atom. The monoisotopic (exact) mass is 243 g/mol. The van der Waals surface area contributed by atoms with Gasteiger partial charge < -0.3 is 5.32 Å². The lowest BCUT2D eigenvalue weighted by atomic mass is 9.81. The molecule has 1 atom stereocenters. The summed E-state index contributed by atoms with van der Waals surface area (Å²) in [5.74, 6) is 3.57. The molecule has 1 aliphatic carbocycles. The molecule has 1 nitrogen and oxygen atoms in total. The van der Waals surface area contributed by atoms with Crippen LogP contribution in [0.5, 0.6) is 0 Å². The standard InChI is InChI=1S/C14H29NS/c1-6-16-10-9-14(5,12-7-8-12)11-15-13(2,3)4/h12,15H,6-11H2,1-5H3. The van der Waals surface area contributed by atoms with E-state index < -0.39 is 0 Å². The van der Waals surface area contributed by atoms with Gasteiger partial charge in [-0.15, -0.1) is 0 Å². The van der Waals surface area contributed by atoms with Gasteiger partial charge in [-0.05, 0) is 62.9 Å². The zero-order valence-corrected chi connectivity index (χ0v) is 12.5. The van der Waals surface area contributed by atoms with Gasteiger partial charge in [0.1, 0.15) is 0 Å². The molecule has 1 aliphatic rings. The predicted octanol–water partition coefficient (Wildman–Crippen LogP) is 3.93. The third-order valence-electron chi connectivity index (χ3n) is 3.61. The summed E-state index contributed by atoms with van der Waals surface area (Å²) in [6.07, 6.45) is 4.29. The van der Waals surface area contributed by atoms with Crippen LogP contribution in [0.2, 0.25) is 0 Å². The molecule has 0 spiro atoms. The van der Waals surface area contributed by atoms with Gasteiger partial charge >= 0.3 is 0 Å². The molecule has 1 saturated carbocycles. The summed E-state index contributed by atoms with van der Waals surface area (Å²) >= 11 is 2.09. The first kappa shape index (κ1) is 14.4. The molecular formula is C14H29NS. The van der Waals surface area contributed by atoms with Crippen LogP contribution in [0, 0.1) is 11.3 Å². The summed E-state index contributed by atoms with van der Waals surface area (Å²) in [6.45, 7) is 12.7. The molecule has 0 saturated heterocycles. The second-order valence-corrected chi connectivity index (χ2v) is 7.87. The van der Waals surface area contributed by atoms with E-state index in [-0.39, 0.29) is 5.54 Å². The van der Waals surface area contributed by atoms with E-state index in [4.69, 9.17) is 0 Å². The smallest absolute Gasteiger partial charge is 0.00967 e. The van der Waals surface area contributed by atoms with Gasteiger partial charge in [0.05, 0.1) is 0 Å². The maximum absolute atomic E-state index is 3.70. The Labute approximate surface area is 106 Å². The van der Waals surface area contributed by atoms with Crippen molar-refractivity contribution < 1.29 is 0 Å². The Balaban J connectivity index is 2.38. The third kappa shape index (κ3) is 5.09. The first-order valence-electron chi connectivity index (χ1n) is 6.70. The van der Waals surface area contributed by atoms with Crippen molar-refractivity contribution in [2.45, 2.75) is 59.4 Å². The lowest BCUT2D eigenvalue weighted by molar-refractivity contribution is 0.223. The number of thioether (sulfide) groups is 1. The van der Waals surface area contributed by atoms with Gasteiger partial charge in [0.25, 0.3) is 0 Å². The minimum atomic E-state index is 0.258. The van der Waals surface area contributed by atoms with Crippen molar-refractivity contribution in [1.82, 2.24) is 5.32 Å². The average Bonchev–Trinajstić information content (AvgIpc) is 2.97. The topological polar surface area (TPSA) is 12.0 Å². The summed E-state index contributed by atoms with van der Waals surface area (Å²) in [4.78, 5) is 0. The summed E-state index contributed by atoms with van der Waals surface area (Å²) in [5.41, 5.74) is 0.795. The van der Waals surface area contributed by atoms with Crippen LogP contribution in [0.1, 0.15) is 53.9 Å². The van der Waals surface area contributed by atoms with Gasteiger partial charge in [-0.1, -0.05) is 13.8 Å². The molecule has 96 valence electrons. The van der Waals surface area contributed by atoms with Crippen molar-refractivity contribution in [3.63, 3.8) is 0 Å². The highest BCUT2D eigenvalue weighted by molar-refractivity contribution is 7.99. The molecule has 0 aromatic carbocycles. The molecule has 1 unspecified atom stereocenters. The van der Waals surface area contributed by atoms with Crippen molar-refractivity contribution in [2.75, 3.05) is 18.1 Å². The molecule has 0 aromatic heterocycles. The van der Waals surface area contributed by atoms with Crippen LogP contribution >= 0.6 is 11.8 Å². The minimum Gasteiger partial charge on any atom is -0.312 e. The number of hydrogen-bond donors (Lipinski definition) is 1. The maximum Gasteiger partial charge on any atom is 0.00967 e. The highest BCUT2D eigenvalue weighted by atomic mass is 32.2. The summed E-state index contributed by atoms with van der Waals surface area (Å²) < 4.78 is 0. The van der Waals surface area contributed by atoms with Crippen LogP contribution in [-0.4, -0.2) is 23.6 Å². The third-order valence-corrected chi connectivity index (χ3v) is 4.51. The molecular weight excluding hydrogens is 214 g/mol. The quantitative estimate of drug-likeness (QED) is 0.680. The largest absolute Gasteiger partial charge is 0.312 e. The number of nitrogens with one attached hydrogen (secondary N) is 1. The molecule has 0 aromatic rings. The first-order chi connectivity index (χ1) is 7.37. The van der Waals surface area contributed by atoms with Crippen LogP contribution in [0.25, 0.3) is 0 Å². The van der Waals surface area contributed by atoms with E-state index in [9.17, 15) is 0 Å². The van der Waals surface area contributed by atoms with Crippen LogP contribution in [0.3, 0.4) is 0 Å². The fourth-order valence-corrected chi connectivity index (χ4v) is 3.03. The van der Waals surface area contributed by atoms with Crippen molar-refractivity contribution in [2.24, 2.45) is 11.3 Å². The van der Waals surface area contributed by atoms with Crippen LogP contribution in [0.15, 0.2) is 0 Å². The van der Waals surface area contributed by atoms with Crippen LogP contribution in [0.4, 0.5) is 0 Å². The fourth-order valence-electron chi connectivity index (χ4n) is 2.13. The zero-order chi connectivity index (χ0) is 12.2. The molecule has 1 N–H and O–H groups in total. The van der Waals surface area contributed by atoms with Gasteiger partial charge in [0.2, 0.25) is 0 Å². The summed E-state index contributed by atoms with van der Waals surface area (Å²) in [7, 11) is 0. The van der Waals surface area contributed by atoms with Gasteiger partial charge in [-0.2, -0.15) is 11.8 Å². The van der Waals surface area contributed by atoms with E-state index >= 15 is 0 Å². The molecule has 16 heavy (non-hydrogen) atoms. The van der Waals surface area contributed by atoms with E-state index in [0.29, 0.717) is 5.41 Å².